The van der Waals surface area contributed by atoms with Crippen LogP contribution >= 0.6 is 11.8 Å². The van der Waals surface area contributed by atoms with Crippen LogP contribution < -0.4 is 4.90 Å². The Balaban J connectivity index is 2.32. The van der Waals surface area contributed by atoms with E-state index in [0.29, 0.717) is 0 Å². The van der Waals surface area contributed by atoms with Crippen molar-refractivity contribution in [1.29, 1.82) is 5.26 Å². The fourth-order valence-corrected chi connectivity index (χ4v) is 2.97. The topological polar surface area (TPSA) is 27.0 Å². The molecule has 0 bridgehead atoms. The molecule has 0 atom stereocenters. The summed E-state index contributed by atoms with van der Waals surface area (Å²) in [6.45, 7) is 3.89. The number of aryl methyl sites for hydroxylation is 1. The standard InChI is InChI=1S/C14H18N2S/c1-14(2,10-15)16(3)12-6-7-13-11(9-12)5-4-8-17-13/h6-7,9H,4-5,8H2,1-3H3. The van der Waals surface area contributed by atoms with E-state index < -0.39 is 5.54 Å². The first-order valence-corrected chi connectivity index (χ1v) is 6.94. The van der Waals surface area contributed by atoms with E-state index in [1.165, 1.54) is 22.6 Å². The first-order chi connectivity index (χ1) is 8.04. The summed E-state index contributed by atoms with van der Waals surface area (Å²) in [5.41, 5.74) is 2.10. The van der Waals surface area contributed by atoms with Crippen LogP contribution in [0.2, 0.25) is 0 Å². The van der Waals surface area contributed by atoms with Crippen LogP contribution in [0.3, 0.4) is 0 Å². The number of fused-ring (bicyclic) bond motifs is 1. The van der Waals surface area contributed by atoms with Crippen LogP contribution in [0.4, 0.5) is 5.69 Å². The van der Waals surface area contributed by atoms with Gasteiger partial charge in [0.2, 0.25) is 0 Å². The zero-order valence-electron chi connectivity index (χ0n) is 10.7. The molecule has 1 aliphatic heterocycles. The Bertz CT molecular complexity index is 460. The van der Waals surface area contributed by atoms with Gasteiger partial charge in [-0.1, -0.05) is 0 Å². The molecule has 2 nitrogen and oxygen atoms in total. The van der Waals surface area contributed by atoms with Gasteiger partial charge in [0.15, 0.2) is 0 Å². The Morgan fingerprint density at radius 3 is 2.88 bits per heavy atom. The number of anilines is 1. The van der Waals surface area contributed by atoms with E-state index in [9.17, 15) is 0 Å². The summed E-state index contributed by atoms with van der Waals surface area (Å²) in [5.74, 6) is 1.23. The number of rotatable bonds is 2. The Labute approximate surface area is 108 Å². The summed E-state index contributed by atoms with van der Waals surface area (Å²) in [6.07, 6.45) is 2.42. The van der Waals surface area contributed by atoms with Crippen LogP contribution in [0, 0.1) is 11.3 Å². The molecular formula is C14H18N2S. The maximum Gasteiger partial charge on any atom is 0.121 e. The quantitative estimate of drug-likeness (QED) is 0.799. The lowest BCUT2D eigenvalue weighted by atomic mass is 10.0. The summed E-state index contributed by atoms with van der Waals surface area (Å²) in [7, 11) is 1.99. The van der Waals surface area contributed by atoms with Crippen LogP contribution in [-0.2, 0) is 6.42 Å². The van der Waals surface area contributed by atoms with Gasteiger partial charge >= 0.3 is 0 Å². The van der Waals surface area contributed by atoms with Crippen molar-refractivity contribution < 1.29 is 0 Å². The molecular weight excluding hydrogens is 228 g/mol. The minimum atomic E-state index is -0.462. The van der Waals surface area contributed by atoms with Gasteiger partial charge in [-0.25, -0.2) is 0 Å². The van der Waals surface area contributed by atoms with Gasteiger partial charge in [-0.2, -0.15) is 5.26 Å². The molecule has 1 aromatic carbocycles. The van der Waals surface area contributed by atoms with E-state index in [-0.39, 0.29) is 0 Å². The van der Waals surface area contributed by atoms with Crippen molar-refractivity contribution in [3.8, 4) is 6.07 Å². The molecule has 0 spiro atoms. The Morgan fingerprint density at radius 2 is 2.18 bits per heavy atom. The van der Waals surface area contributed by atoms with Crippen molar-refractivity contribution in [3.63, 3.8) is 0 Å². The molecule has 0 saturated heterocycles. The molecule has 0 fully saturated rings. The second kappa shape index (κ2) is 4.62. The third-order valence-electron chi connectivity index (χ3n) is 3.39. The molecule has 0 radical (unpaired) electrons. The van der Waals surface area contributed by atoms with Crippen molar-refractivity contribution >= 4 is 17.4 Å². The van der Waals surface area contributed by atoms with Crippen molar-refractivity contribution in [2.75, 3.05) is 17.7 Å². The zero-order chi connectivity index (χ0) is 12.5. The monoisotopic (exact) mass is 246 g/mol. The molecule has 0 unspecified atom stereocenters. The van der Waals surface area contributed by atoms with Gasteiger partial charge in [0, 0.05) is 17.6 Å². The van der Waals surface area contributed by atoms with Gasteiger partial charge < -0.3 is 4.90 Å². The third kappa shape index (κ3) is 2.42. The third-order valence-corrected chi connectivity index (χ3v) is 4.59. The molecule has 0 amide bonds. The fraction of sp³-hybridized carbons (Fsp3) is 0.500. The summed E-state index contributed by atoms with van der Waals surface area (Å²) >= 11 is 1.94. The van der Waals surface area contributed by atoms with E-state index in [4.69, 9.17) is 5.26 Å². The number of nitriles is 1. The van der Waals surface area contributed by atoms with Gasteiger partial charge in [0.25, 0.3) is 0 Å². The number of nitrogens with zero attached hydrogens (tertiary/aromatic N) is 2. The maximum atomic E-state index is 9.17. The zero-order valence-corrected chi connectivity index (χ0v) is 11.5. The summed E-state index contributed by atoms with van der Waals surface area (Å²) in [6, 6.07) is 8.89. The number of hydrogen-bond acceptors (Lipinski definition) is 3. The smallest absolute Gasteiger partial charge is 0.121 e. The molecule has 0 N–H and O–H groups in total. The van der Waals surface area contributed by atoms with E-state index >= 15 is 0 Å². The molecule has 1 aliphatic rings. The number of benzene rings is 1. The van der Waals surface area contributed by atoms with Crippen LogP contribution in [0.25, 0.3) is 0 Å². The molecule has 90 valence electrons. The molecule has 1 heterocycles. The van der Waals surface area contributed by atoms with Gasteiger partial charge in [-0.05, 0) is 56.2 Å². The molecule has 0 aromatic heterocycles. The summed E-state index contributed by atoms with van der Waals surface area (Å²) in [4.78, 5) is 3.45. The van der Waals surface area contributed by atoms with Crippen LogP contribution in [0.1, 0.15) is 25.8 Å². The largest absolute Gasteiger partial charge is 0.357 e. The normalized spacial score (nSPS) is 14.9. The molecule has 2 rings (SSSR count). The van der Waals surface area contributed by atoms with E-state index in [2.05, 4.69) is 24.3 Å². The SMILES string of the molecule is CN(c1ccc2c(c1)CCCS2)C(C)(C)C#N. The number of thioether (sulfide) groups is 1. The molecule has 1 aromatic rings. The van der Waals surface area contributed by atoms with Crippen LogP contribution in [-0.4, -0.2) is 18.3 Å². The van der Waals surface area contributed by atoms with Crippen molar-refractivity contribution in [2.45, 2.75) is 37.1 Å². The summed E-state index contributed by atoms with van der Waals surface area (Å²) in [5, 5.41) is 9.17. The lowest BCUT2D eigenvalue weighted by molar-refractivity contribution is 0.616. The van der Waals surface area contributed by atoms with E-state index in [0.717, 1.165) is 12.1 Å². The predicted molar refractivity (Wildman–Crippen MR) is 73.6 cm³/mol. The van der Waals surface area contributed by atoms with Gasteiger partial charge in [-0.15, -0.1) is 11.8 Å². The molecule has 0 aliphatic carbocycles. The number of hydrogen-bond donors (Lipinski definition) is 0. The van der Waals surface area contributed by atoms with Gasteiger partial charge in [-0.3, -0.25) is 0 Å². The summed E-state index contributed by atoms with van der Waals surface area (Å²) < 4.78 is 0. The highest BCUT2D eigenvalue weighted by molar-refractivity contribution is 7.99. The fourth-order valence-electron chi connectivity index (χ4n) is 1.95. The van der Waals surface area contributed by atoms with Crippen LogP contribution in [0.5, 0.6) is 0 Å². The second-order valence-electron chi connectivity index (χ2n) is 4.97. The Morgan fingerprint density at radius 1 is 1.41 bits per heavy atom. The van der Waals surface area contributed by atoms with Crippen molar-refractivity contribution in [3.05, 3.63) is 23.8 Å². The first-order valence-electron chi connectivity index (χ1n) is 5.95. The highest BCUT2D eigenvalue weighted by atomic mass is 32.2. The highest BCUT2D eigenvalue weighted by Crippen LogP contribution is 2.33. The molecule has 3 heteroatoms. The maximum absolute atomic E-state index is 9.17. The predicted octanol–water partition coefficient (Wildman–Crippen LogP) is 3.46. The van der Waals surface area contributed by atoms with Crippen molar-refractivity contribution in [1.82, 2.24) is 0 Å². The van der Waals surface area contributed by atoms with E-state index in [1.807, 2.05) is 37.6 Å². The first kappa shape index (κ1) is 12.3. The molecule has 17 heavy (non-hydrogen) atoms. The van der Waals surface area contributed by atoms with Gasteiger partial charge in [0.05, 0.1) is 6.07 Å². The van der Waals surface area contributed by atoms with Gasteiger partial charge in [0.1, 0.15) is 5.54 Å². The average Bonchev–Trinajstić information content (AvgIpc) is 2.37. The lowest BCUT2D eigenvalue weighted by Gasteiger charge is -2.32. The highest BCUT2D eigenvalue weighted by Gasteiger charge is 2.24. The van der Waals surface area contributed by atoms with E-state index in [1.54, 1.807) is 0 Å². The second-order valence-corrected chi connectivity index (χ2v) is 6.11. The average molecular weight is 246 g/mol. The minimum absolute atomic E-state index is 0.462. The Hall–Kier alpha value is -1.14. The molecule has 0 saturated carbocycles. The van der Waals surface area contributed by atoms with Crippen molar-refractivity contribution in [2.24, 2.45) is 0 Å². The Kier molecular flexibility index (Phi) is 3.35. The minimum Gasteiger partial charge on any atom is -0.357 e. The lowest BCUT2D eigenvalue weighted by Crippen LogP contribution is -2.39. The van der Waals surface area contributed by atoms with Crippen LogP contribution in [0.15, 0.2) is 23.1 Å².